The predicted octanol–water partition coefficient (Wildman–Crippen LogP) is 5.40. The molecule has 0 unspecified atom stereocenters. The van der Waals surface area contributed by atoms with Crippen LogP contribution in [0.4, 0.5) is 0 Å². The maximum absolute atomic E-state index is 10.2. The van der Waals surface area contributed by atoms with Gasteiger partial charge in [-0.3, -0.25) is 4.90 Å². The lowest BCUT2D eigenvalue weighted by molar-refractivity contribution is 0.242. The van der Waals surface area contributed by atoms with Crippen LogP contribution < -0.4 is 0 Å². The Hall–Kier alpha value is -3.96. The summed E-state index contributed by atoms with van der Waals surface area (Å²) in [4.78, 5) is 11.7. The van der Waals surface area contributed by atoms with Gasteiger partial charge in [0.05, 0.1) is 11.4 Å². The number of nitrogens with zero attached hydrogens (tertiary/aromatic N) is 3. The van der Waals surface area contributed by atoms with Crippen molar-refractivity contribution in [2.45, 2.75) is 19.6 Å². The molecule has 2 aromatic heterocycles. The van der Waals surface area contributed by atoms with Crippen LogP contribution in [-0.2, 0) is 19.6 Å². The monoisotopic (exact) mass is 421 g/mol. The summed E-state index contributed by atoms with van der Waals surface area (Å²) in [6, 6.07) is 29.1. The van der Waals surface area contributed by atoms with Crippen molar-refractivity contribution in [3.8, 4) is 11.5 Å². The molecule has 0 atom stereocenters. The molecule has 0 amide bonds. The molecule has 5 aromatic rings. The molecule has 0 spiro atoms. The van der Waals surface area contributed by atoms with Crippen LogP contribution in [0.15, 0.2) is 91.0 Å². The van der Waals surface area contributed by atoms with Gasteiger partial charge in [0.2, 0.25) is 0 Å². The highest BCUT2D eigenvalue weighted by atomic mass is 16.3. The van der Waals surface area contributed by atoms with E-state index >= 15 is 0 Å². The molecule has 5 nitrogen and oxygen atoms in total. The van der Waals surface area contributed by atoms with Crippen molar-refractivity contribution in [2.75, 3.05) is 0 Å². The highest BCUT2D eigenvalue weighted by Crippen LogP contribution is 2.25. The van der Waals surface area contributed by atoms with Crippen molar-refractivity contribution in [2.24, 2.45) is 0 Å². The largest absolute Gasteiger partial charge is 0.506 e. The van der Waals surface area contributed by atoms with E-state index in [4.69, 9.17) is 9.97 Å². The molecule has 2 N–H and O–H groups in total. The lowest BCUT2D eigenvalue weighted by Gasteiger charge is -2.22. The van der Waals surface area contributed by atoms with E-state index in [2.05, 4.69) is 17.0 Å². The van der Waals surface area contributed by atoms with Crippen LogP contribution in [0.3, 0.4) is 0 Å². The second kappa shape index (κ2) is 8.65. The minimum absolute atomic E-state index is 0.186. The number of rotatable bonds is 6. The number of phenolic OH excluding ortho intramolecular Hbond substituents is 2. The number of hydrogen-bond acceptors (Lipinski definition) is 5. The number of phenols is 2. The molecule has 5 rings (SSSR count). The summed E-state index contributed by atoms with van der Waals surface area (Å²) in [5, 5.41) is 22.3. The summed E-state index contributed by atoms with van der Waals surface area (Å²) in [6.07, 6.45) is 0. The number of fused-ring (bicyclic) bond motifs is 2. The Balaban J connectivity index is 1.47. The molecule has 158 valence electrons. The fourth-order valence-electron chi connectivity index (χ4n) is 3.99. The molecule has 0 bridgehead atoms. The van der Waals surface area contributed by atoms with Crippen molar-refractivity contribution in [1.82, 2.24) is 14.9 Å². The van der Waals surface area contributed by atoms with E-state index in [0.717, 1.165) is 28.7 Å². The number of aromatic nitrogens is 2. The Morgan fingerprint density at radius 1 is 0.531 bits per heavy atom. The lowest BCUT2D eigenvalue weighted by Crippen LogP contribution is -2.23. The summed E-state index contributed by atoms with van der Waals surface area (Å²) in [7, 11) is 0. The standard InChI is InChI=1S/C27H23N3O2/c31-24-10-4-8-20-12-14-22(28-26(20)24)17-30(16-19-6-2-1-3-7-19)18-23-15-13-21-9-5-11-25(32)27(21)29-23/h1-15,31-32H,16-18H2. The lowest BCUT2D eigenvalue weighted by atomic mass is 10.1. The van der Waals surface area contributed by atoms with Gasteiger partial charge < -0.3 is 10.2 Å². The minimum Gasteiger partial charge on any atom is -0.506 e. The molecule has 0 aliphatic rings. The molecule has 0 aliphatic heterocycles. The molecule has 5 heteroatoms. The van der Waals surface area contributed by atoms with E-state index in [-0.39, 0.29) is 11.5 Å². The molecule has 32 heavy (non-hydrogen) atoms. The average Bonchev–Trinajstić information content (AvgIpc) is 2.81. The maximum atomic E-state index is 10.2. The van der Waals surface area contributed by atoms with Crippen LogP contribution >= 0.6 is 0 Å². The first-order chi connectivity index (χ1) is 15.7. The van der Waals surface area contributed by atoms with Gasteiger partial charge in [0.15, 0.2) is 0 Å². The number of benzene rings is 3. The van der Waals surface area contributed by atoms with Crippen LogP contribution in [0.1, 0.15) is 17.0 Å². The Morgan fingerprint density at radius 2 is 1.06 bits per heavy atom. The van der Waals surface area contributed by atoms with Gasteiger partial charge >= 0.3 is 0 Å². The molecule has 0 saturated heterocycles. The third-order valence-electron chi connectivity index (χ3n) is 5.53. The van der Waals surface area contributed by atoms with Crippen LogP contribution in [0, 0.1) is 0 Å². The number of para-hydroxylation sites is 2. The van der Waals surface area contributed by atoms with Gasteiger partial charge in [-0.05, 0) is 29.8 Å². The van der Waals surface area contributed by atoms with E-state index in [1.807, 2.05) is 66.7 Å². The fourth-order valence-corrected chi connectivity index (χ4v) is 3.99. The maximum Gasteiger partial charge on any atom is 0.141 e. The summed E-state index contributed by atoms with van der Waals surface area (Å²) in [5.41, 5.74) is 4.16. The van der Waals surface area contributed by atoms with Gasteiger partial charge in [-0.2, -0.15) is 0 Å². The van der Waals surface area contributed by atoms with Gasteiger partial charge in [-0.1, -0.05) is 66.7 Å². The zero-order valence-corrected chi connectivity index (χ0v) is 17.5. The topological polar surface area (TPSA) is 69.5 Å². The summed E-state index contributed by atoms with van der Waals surface area (Å²) in [6.45, 7) is 1.92. The highest BCUT2D eigenvalue weighted by Gasteiger charge is 2.13. The zero-order chi connectivity index (χ0) is 21.9. The second-order valence-electron chi connectivity index (χ2n) is 7.93. The van der Waals surface area contributed by atoms with Gasteiger partial charge in [0.25, 0.3) is 0 Å². The molecule has 0 fully saturated rings. The first kappa shape index (κ1) is 20.0. The number of hydrogen-bond donors (Lipinski definition) is 2. The van der Waals surface area contributed by atoms with Crippen molar-refractivity contribution >= 4 is 21.8 Å². The minimum atomic E-state index is 0.186. The Kier molecular flexibility index (Phi) is 5.40. The fraction of sp³-hybridized carbons (Fsp3) is 0.111. The van der Waals surface area contributed by atoms with Crippen LogP contribution in [0.25, 0.3) is 21.8 Å². The van der Waals surface area contributed by atoms with E-state index in [9.17, 15) is 10.2 Å². The number of aromatic hydroxyl groups is 2. The summed E-state index contributed by atoms with van der Waals surface area (Å²) >= 11 is 0. The number of pyridine rings is 2. The highest BCUT2D eigenvalue weighted by molar-refractivity contribution is 5.84. The molecule has 2 heterocycles. The smallest absolute Gasteiger partial charge is 0.141 e. The molecule has 3 aromatic carbocycles. The first-order valence-corrected chi connectivity index (χ1v) is 10.6. The summed E-state index contributed by atoms with van der Waals surface area (Å²) in [5.74, 6) is 0.372. The first-order valence-electron chi connectivity index (χ1n) is 10.6. The zero-order valence-electron chi connectivity index (χ0n) is 17.5. The van der Waals surface area contributed by atoms with Gasteiger partial charge in [-0.25, -0.2) is 9.97 Å². The van der Waals surface area contributed by atoms with Crippen molar-refractivity contribution < 1.29 is 10.2 Å². The SMILES string of the molecule is Oc1cccc2ccc(CN(Cc3ccccc3)Cc3ccc4cccc(O)c4n3)nc12. The molecular formula is C27H23N3O2. The van der Waals surface area contributed by atoms with E-state index in [1.54, 1.807) is 12.1 Å². The van der Waals surface area contributed by atoms with Crippen LogP contribution in [0.2, 0.25) is 0 Å². The Bertz CT molecular complexity index is 1300. The Labute approximate surface area is 186 Å². The van der Waals surface area contributed by atoms with E-state index in [0.29, 0.717) is 24.1 Å². The molecule has 0 radical (unpaired) electrons. The molecule has 0 saturated carbocycles. The Morgan fingerprint density at radius 3 is 1.59 bits per heavy atom. The normalized spacial score (nSPS) is 11.4. The van der Waals surface area contributed by atoms with E-state index < -0.39 is 0 Å². The van der Waals surface area contributed by atoms with Gasteiger partial charge in [0.1, 0.15) is 22.5 Å². The van der Waals surface area contributed by atoms with Crippen molar-refractivity contribution in [3.05, 3.63) is 108 Å². The van der Waals surface area contributed by atoms with Crippen molar-refractivity contribution in [1.29, 1.82) is 0 Å². The third-order valence-corrected chi connectivity index (χ3v) is 5.53. The van der Waals surface area contributed by atoms with Crippen molar-refractivity contribution in [3.63, 3.8) is 0 Å². The average molecular weight is 422 g/mol. The van der Waals surface area contributed by atoms with E-state index in [1.165, 1.54) is 5.56 Å². The quantitative estimate of drug-likeness (QED) is 0.384. The third kappa shape index (κ3) is 4.24. The summed E-state index contributed by atoms with van der Waals surface area (Å²) < 4.78 is 0. The second-order valence-corrected chi connectivity index (χ2v) is 7.93. The van der Waals surface area contributed by atoms with Crippen LogP contribution in [0.5, 0.6) is 11.5 Å². The molecular weight excluding hydrogens is 398 g/mol. The van der Waals surface area contributed by atoms with Gasteiger partial charge in [-0.15, -0.1) is 0 Å². The molecule has 0 aliphatic carbocycles. The van der Waals surface area contributed by atoms with Crippen LogP contribution in [-0.4, -0.2) is 25.1 Å². The van der Waals surface area contributed by atoms with Gasteiger partial charge in [0, 0.05) is 30.4 Å². The predicted molar refractivity (Wildman–Crippen MR) is 126 cm³/mol.